The van der Waals surface area contributed by atoms with E-state index >= 15 is 0 Å². The maximum atomic E-state index is 10.8. The van der Waals surface area contributed by atoms with Crippen LogP contribution in [0.5, 0.6) is 5.75 Å². The molecule has 15 heavy (non-hydrogen) atoms. The molecule has 5 nitrogen and oxygen atoms in total. The molecule has 0 aliphatic heterocycles. The number of rotatable bonds is 3. The van der Waals surface area contributed by atoms with Crippen LogP contribution in [0.2, 0.25) is 0 Å². The van der Waals surface area contributed by atoms with Crippen molar-refractivity contribution in [2.45, 2.75) is 6.42 Å². The van der Waals surface area contributed by atoms with Gasteiger partial charge in [0.2, 0.25) is 0 Å². The van der Waals surface area contributed by atoms with Gasteiger partial charge >= 0.3 is 0 Å². The standard InChI is InChI=1S/C10H9N3O2/c11-6-5-10(15)13-12-7-8-3-1-2-4-9(8)14/h1-4,7,14H,5H2,(H,13,15). The highest BCUT2D eigenvalue weighted by atomic mass is 16.3. The minimum absolute atomic E-state index is 0.0794. The Bertz CT molecular complexity index is 421. The third kappa shape index (κ3) is 3.48. The fourth-order valence-corrected chi connectivity index (χ4v) is 0.882. The normalized spacial score (nSPS) is 9.80. The van der Waals surface area contributed by atoms with Gasteiger partial charge < -0.3 is 5.11 Å². The van der Waals surface area contributed by atoms with Crippen LogP contribution < -0.4 is 5.43 Å². The lowest BCUT2D eigenvalue weighted by Crippen LogP contribution is -2.16. The number of amides is 1. The average Bonchev–Trinajstić information content (AvgIpc) is 2.21. The third-order valence-electron chi connectivity index (χ3n) is 1.57. The highest BCUT2D eigenvalue weighted by Gasteiger charge is 1.97. The monoisotopic (exact) mass is 203 g/mol. The van der Waals surface area contributed by atoms with Gasteiger partial charge in [0.15, 0.2) is 0 Å². The summed E-state index contributed by atoms with van der Waals surface area (Å²) in [6.45, 7) is 0. The molecule has 76 valence electrons. The van der Waals surface area contributed by atoms with E-state index < -0.39 is 5.91 Å². The van der Waals surface area contributed by atoms with E-state index in [9.17, 15) is 9.90 Å². The number of nitriles is 1. The van der Waals surface area contributed by atoms with Crippen molar-refractivity contribution in [3.63, 3.8) is 0 Å². The van der Waals surface area contributed by atoms with E-state index in [1.54, 1.807) is 24.3 Å². The Hall–Kier alpha value is -2.35. The van der Waals surface area contributed by atoms with Gasteiger partial charge in [0.25, 0.3) is 5.91 Å². The van der Waals surface area contributed by atoms with Gasteiger partial charge in [0, 0.05) is 5.56 Å². The maximum absolute atomic E-state index is 10.8. The molecule has 0 heterocycles. The van der Waals surface area contributed by atoms with Gasteiger partial charge in [-0.3, -0.25) is 4.79 Å². The van der Waals surface area contributed by atoms with Gasteiger partial charge in [-0.2, -0.15) is 10.4 Å². The van der Waals surface area contributed by atoms with E-state index in [4.69, 9.17) is 5.26 Å². The molecule has 0 aliphatic carbocycles. The summed E-state index contributed by atoms with van der Waals surface area (Å²) in [7, 11) is 0. The second kappa shape index (κ2) is 5.40. The maximum Gasteiger partial charge on any atom is 0.254 e. The quantitative estimate of drug-likeness (QED) is 0.561. The van der Waals surface area contributed by atoms with E-state index in [-0.39, 0.29) is 12.2 Å². The van der Waals surface area contributed by atoms with Crippen LogP contribution in [0, 0.1) is 11.3 Å². The largest absolute Gasteiger partial charge is 0.507 e. The molecular weight excluding hydrogens is 194 g/mol. The van der Waals surface area contributed by atoms with Gasteiger partial charge in [-0.1, -0.05) is 12.1 Å². The number of phenols is 1. The Kier molecular flexibility index (Phi) is 3.86. The molecule has 0 spiro atoms. The first-order valence-electron chi connectivity index (χ1n) is 4.21. The predicted molar refractivity (Wildman–Crippen MR) is 54.1 cm³/mol. The van der Waals surface area contributed by atoms with Crippen molar-refractivity contribution in [2.24, 2.45) is 5.10 Å². The number of hydrazone groups is 1. The zero-order chi connectivity index (χ0) is 11.1. The summed E-state index contributed by atoms with van der Waals surface area (Å²) in [6, 6.07) is 8.27. The Labute approximate surface area is 86.7 Å². The Morgan fingerprint density at radius 1 is 1.60 bits per heavy atom. The summed E-state index contributed by atoms with van der Waals surface area (Å²) in [5, 5.41) is 21.1. The number of nitrogens with one attached hydrogen (secondary N) is 1. The lowest BCUT2D eigenvalue weighted by Gasteiger charge is -1.96. The molecule has 0 bridgehead atoms. The highest BCUT2D eigenvalue weighted by molar-refractivity contribution is 5.85. The topological polar surface area (TPSA) is 85.5 Å². The lowest BCUT2D eigenvalue weighted by atomic mass is 10.2. The van der Waals surface area contributed by atoms with E-state index in [0.717, 1.165) is 0 Å². The van der Waals surface area contributed by atoms with E-state index in [1.165, 1.54) is 12.3 Å². The van der Waals surface area contributed by atoms with Crippen LogP contribution in [0.15, 0.2) is 29.4 Å². The lowest BCUT2D eigenvalue weighted by molar-refractivity contribution is -0.120. The van der Waals surface area contributed by atoms with Gasteiger partial charge in [-0.25, -0.2) is 5.43 Å². The van der Waals surface area contributed by atoms with Crippen LogP contribution in [0.25, 0.3) is 0 Å². The van der Waals surface area contributed by atoms with Crippen LogP contribution in [-0.2, 0) is 4.79 Å². The number of aromatic hydroxyl groups is 1. The summed E-state index contributed by atoms with van der Waals surface area (Å²) in [6.07, 6.45) is 1.07. The third-order valence-corrected chi connectivity index (χ3v) is 1.57. The number of hydrogen-bond acceptors (Lipinski definition) is 4. The number of phenolic OH excluding ortho intramolecular Hbond substituents is 1. The first-order chi connectivity index (χ1) is 7.24. The number of hydrogen-bond donors (Lipinski definition) is 2. The van der Waals surface area contributed by atoms with Crippen molar-refractivity contribution in [3.8, 4) is 11.8 Å². The molecule has 1 rings (SSSR count). The van der Waals surface area contributed by atoms with Crippen molar-refractivity contribution in [1.29, 1.82) is 5.26 Å². The molecule has 0 fully saturated rings. The predicted octanol–water partition coefficient (Wildman–Crippen LogP) is 0.756. The van der Waals surface area contributed by atoms with Gasteiger partial charge in [-0.05, 0) is 12.1 Å². The number of nitrogens with zero attached hydrogens (tertiary/aromatic N) is 2. The fraction of sp³-hybridized carbons (Fsp3) is 0.100. The second-order valence-electron chi connectivity index (χ2n) is 2.69. The molecular formula is C10H9N3O2. The minimum atomic E-state index is -0.482. The summed E-state index contributed by atoms with van der Waals surface area (Å²) >= 11 is 0. The van der Waals surface area contributed by atoms with Crippen molar-refractivity contribution in [3.05, 3.63) is 29.8 Å². The number of benzene rings is 1. The summed E-state index contributed by atoms with van der Waals surface area (Å²) < 4.78 is 0. The SMILES string of the molecule is N#CCC(=O)NN=Cc1ccccc1O. The molecule has 0 saturated carbocycles. The van der Waals surface area contributed by atoms with Gasteiger partial charge in [0.05, 0.1) is 12.3 Å². The minimum Gasteiger partial charge on any atom is -0.507 e. The molecule has 5 heteroatoms. The van der Waals surface area contributed by atoms with Crippen molar-refractivity contribution >= 4 is 12.1 Å². The van der Waals surface area contributed by atoms with Crippen LogP contribution in [0.1, 0.15) is 12.0 Å². The molecule has 0 radical (unpaired) electrons. The number of carbonyl (C=O) groups excluding carboxylic acids is 1. The summed E-state index contributed by atoms with van der Waals surface area (Å²) in [5.74, 6) is -0.403. The first-order valence-corrected chi connectivity index (χ1v) is 4.21. The molecule has 0 aromatic heterocycles. The van der Waals surface area contributed by atoms with E-state index in [0.29, 0.717) is 5.56 Å². The Morgan fingerprint density at radius 2 is 2.33 bits per heavy atom. The molecule has 0 aliphatic rings. The van der Waals surface area contributed by atoms with Gasteiger partial charge in [0.1, 0.15) is 12.2 Å². The molecule has 1 aromatic carbocycles. The number of carbonyl (C=O) groups is 1. The van der Waals surface area contributed by atoms with Crippen LogP contribution >= 0.6 is 0 Å². The molecule has 0 unspecified atom stereocenters. The smallest absolute Gasteiger partial charge is 0.254 e. The summed E-state index contributed by atoms with van der Waals surface area (Å²) in [4.78, 5) is 10.8. The second-order valence-corrected chi connectivity index (χ2v) is 2.69. The molecule has 2 N–H and O–H groups in total. The molecule has 1 amide bonds. The fourth-order valence-electron chi connectivity index (χ4n) is 0.882. The Morgan fingerprint density at radius 3 is 3.00 bits per heavy atom. The van der Waals surface area contributed by atoms with Crippen molar-refractivity contribution in [2.75, 3.05) is 0 Å². The van der Waals surface area contributed by atoms with E-state index in [1.807, 2.05) is 0 Å². The molecule has 1 aromatic rings. The van der Waals surface area contributed by atoms with E-state index in [2.05, 4.69) is 10.5 Å². The highest BCUT2D eigenvalue weighted by Crippen LogP contribution is 2.12. The van der Waals surface area contributed by atoms with Crippen LogP contribution in [0.3, 0.4) is 0 Å². The van der Waals surface area contributed by atoms with Crippen LogP contribution in [-0.4, -0.2) is 17.2 Å². The van der Waals surface area contributed by atoms with Gasteiger partial charge in [-0.15, -0.1) is 0 Å². The van der Waals surface area contributed by atoms with Crippen molar-refractivity contribution < 1.29 is 9.90 Å². The summed E-state index contributed by atoms with van der Waals surface area (Å²) in [5.41, 5.74) is 2.65. The average molecular weight is 203 g/mol. The Balaban J connectivity index is 2.56. The zero-order valence-electron chi connectivity index (χ0n) is 7.84. The number of para-hydroxylation sites is 1. The first kappa shape index (κ1) is 10.7. The molecule has 0 saturated heterocycles. The van der Waals surface area contributed by atoms with Crippen molar-refractivity contribution in [1.82, 2.24) is 5.43 Å². The molecule has 0 atom stereocenters. The zero-order valence-corrected chi connectivity index (χ0v) is 7.84. The van der Waals surface area contributed by atoms with Crippen LogP contribution in [0.4, 0.5) is 0 Å².